The fourth-order valence-corrected chi connectivity index (χ4v) is 9.61. The van der Waals surface area contributed by atoms with Crippen molar-refractivity contribution in [1.82, 2.24) is 0 Å². The van der Waals surface area contributed by atoms with Gasteiger partial charge in [-0.15, -0.1) is 0 Å². The molecular formula is C56H34N2O3. The molecule has 0 aliphatic rings. The molecule has 0 bridgehead atoms. The normalized spacial score (nSPS) is 11.9. The van der Waals surface area contributed by atoms with Crippen LogP contribution in [0, 0.1) is 0 Å². The second kappa shape index (κ2) is 13.1. The number of furan rings is 3. The average molecular weight is 783 g/mol. The molecule has 13 rings (SSSR count). The molecule has 5 heteroatoms. The zero-order chi connectivity index (χ0) is 40.0. The van der Waals surface area contributed by atoms with Gasteiger partial charge in [-0.3, -0.25) is 0 Å². The molecule has 0 saturated heterocycles. The summed E-state index contributed by atoms with van der Waals surface area (Å²) in [6.45, 7) is 0. The van der Waals surface area contributed by atoms with Gasteiger partial charge in [0.1, 0.15) is 22.3 Å². The summed E-state index contributed by atoms with van der Waals surface area (Å²) in [7, 11) is 0. The van der Waals surface area contributed by atoms with Crippen molar-refractivity contribution in [3.05, 3.63) is 206 Å². The lowest BCUT2D eigenvalue weighted by Crippen LogP contribution is -2.11. The van der Waals surface area contributed by atoms with Gasteiger partial charge >= 0.3 is 0 Å². The van der Waals surface area contributed by atoms with E-state index in [2.05, 4.69) is 192 Å². The summed E-state index contributed by atoms with van der Waals surface area (Å²) < 4.78 is 20.5. The van der Waals surface area contributed by atoms with Crippen LogP contribution in [0.25, 0.3) is 87.4 Å². The summed E-state index contributed by atoms with van der Waals surface area (Å²) in [5.74, 6) is 0. The number of anilines is 6. The smallest absolute Gasteiger partial charge is 0.159 e. The molecule has 13 aromatic rings. The van der Waals surface area contributed by atoms with E-state index in [1.165, 1.54) is 0 Å². The van der Waals surface area contributed by atoms with Crippen LogP contribution in [0.15, 0.2) is 220 Å². The van der Waals surface area contributed by atoms with Gasteiger partial charge in [0.2, 0.25) is 0 Å². The maximum Gasteiger partial charge on any atom is 0.159 e. The SMILES string of the molecule is c1ccc(N(c2cc3oc4cc(N(c5ccccc5)c5cccc6c5oc5ccccc56)c5ccccc5c4c3c3ccccc23)c2cccc3c2oc2ccccc23)cc1. The first-order chi connectivity index (χ1) is 30.3. The van der Waals surface area contributed by atoms with Crippen LogP contribution >= 0.6 is 0 Å². The van der Waals surface area contributed by atoms with E-state index in [0.717, 1.165) is 121 Å². The molecule has 0 saturated carbocycles. The van der Waals surface area contributed by atoms with Crippen molar-refractivity contribution in [2.45, 2.75) is 0 Å². The third-order valence-corrected chi connectivity index (χ3v) is 12.2. The number of fused-ring (bicyclic) bond motifs is 13. The van der Waals surface area contributed by atoms with Crippen molar-refractivity contribution in [3.8, 4) is 0 Å². The fourth-order valence-electron chi connectivity index (χ4n) is 9.61. The molecule has 0 aliphatic heterocycles. The van der Waals surface area contributed by atoms with E-state index < -0.39 is 0 Å². The average Bonchev–Trinajstić information content (AvgIpc) is 4.02. The molecule has 0 atom stereocenters. The molecule has 286 valence electrons. The van der Waals surface area contributed by atoms with Crippen LogP contribution < -0.4 is 9.80 Å². The molecule has 61 heavy (non-hydrogen) atoms. The molecule has 10 aromatic carbocycles. The highest BCUT2D eigenvalue weighted by atomic mass is 16.3. The van der Waals surface area contributed by atoms with E-state index in [9.17, 15) is 0 Å². The van der Waals surface area contributed by atoms with E-state index in [1.807, 2.05) is 24.3 Å². The Bertz CT molecular complexity index is 3590. The first kappa shape index (κ1) is 33.7. The van der Waals surface area contributed by atoms with Crippen LogP contribution in [0.5, 0.6) is 0 Å². The predicted molar refractivity (Wildman–Crippen MR) is 253 cm³/mol. The number of para-hydroxylation sites is 6. The second-order valence-corrected chi connectivity index (χ2v) is 15.6. The van der Waals surface area contributed by atoms with Crippen molar-refractivity contribution in [1.29, 1.82) is 0 Å². The highest BCUT2D eigenvalue weighted by Crippen LogP contribution is 2.51. The van der Waals surface area contributed by atoms with Crippen LogP contribution in [-0.2, 0) is 0 Å². The van der Waals surface area contributed by atoms with Gasteiger partial charge in [0.15, 0.2) is 11.2 Å². The van der Waals surface area contributed by atoms with Gasteiger partial charge in [-0.25, -0.2) is 0 Å². The van der Waals surface area contributed by atoms with Crippen LogP contribution in [0.4, 0.5) is 34.1 Å². The maximum absolute atomic E-state index is 7.16. The quantitative estimate of drug-likeness (QED) is 0.168. The van der Waals surface area contributed by atoms with Gasteiger partial charge in [0.25, 0.3) is 0 Å². The van der Waals surface area contributed by atoms with Gasteiger partial charge in [-0.1, -0.05) is 146 Å². The number of nitrogens with zero attached hydrogens (tertiary/aromatic N) is 2. The van der Waals surface area contributed by atoms with E-state index in [1.54, 1.807) is 0 Å². The van der Waals surface area contributed by atoms with Crippen molar-refractivity contribution in [2.24, 2.45) is 0 Å². The first-order valence-electron chi connectivity index (χ1n) is 20.6. The molecule has 0 amide bonds. The molecular weight excluding hydrogens is 749 g/mol. The molecule has 0 aliphatic carbocycles. The Hall–Kier alpha value is -8.28. The lowest BCUT2D eigenvalue weighted by atomic mass is 9.96. The Morgan fingerprint density at radius 2 is 0.607 bits per heavy atom. The first-order valence-corrected chi connectivity index (χ1v) is 20.6. The zero-order valence-electron chi connectivity index (χ0n) is 32.7. The van der Waals surface area contributed by atoms with Crippen molar-refractivity contribution in [2.75, 3.05) is 9.80 Å². The minimum Gasteiger partial charge on any atom is -0.456 e. The third-order valence-electron chi connectivity index (χ3n) is 12.2. The number of rotatable bonds is 6. The number of benzene rings is 10. The molecule has 0 N–H and O–H groups in total. The van der Waals surface area contributed by atoms with Crippen molar-refractivity contribution in [3.63, 3.8) is 0 Å². The van der Waals surface area contributed by atoms with Gasteiger partial charge < -0.3 is 23.1 Å². The monoisotopic (exact) mass is 782 g/mol. The Labute approximate surface area is 349 Å². The minimum absolute atomic E-state index is 0.800. The molecule has 0 fully saturated rings. The minimum atomic E-state index is 0.800. The van der Waals surface area contributed by atoms with Crippen LogP contribution in [0.3, 0.4) is 0 Å². The lowest BCUT2D eigenvalue weighted by Gasteiger charge is -2.27. The fraction of sp³-hybridized carbons (Fsp3) is 0. The summed E-state index contributed by atoms with van der Waals surface area (Å²) >= 11 is 0. The molecule has 5 nitrogen and oxygen atoms in total. The summed E-state index contributed by atoms with van der Waals surface area (Å²) in [5.41, 5.74) is 10.9. The Kier molecular flexibility index (Phi) is 7.24. The van der Waals surface area contributed by atoms with Gasteiger partial charge in [0.05, 0.1) is 22.7 Å². The summed E-state index contributed by atoms with van der Waals surface area (Å²) in [6.07, 6.45) is 0. The summed E-state index contributed by atoms with van der Waals surface area (Å²) in [6, 6.07) is 72.2. The maximum atomic E-state index is 7.16. The molecule has 0 radical (unpaired) electrons. The largest absolute Gasteiger partial charge is 0.456 e. The summed E-state index contributed by atoms with van der Waals surface area (Å²) in [4.78, 5) is 4.63. The number of hydrogen-bond donors (Lipinski definition) is 0. The van der Waals surface area contributed by atoms with Gasteiger partial charge in [0, 0.05) is 66.6 Å². The topological polar surface area (TPSA) is 45.9 Å². The Morgan fingerprint density at radius 3 is 1.05 bits per heavy atom. The highest BCUT2D eigenvalue weighted by Gasteiger charge is 2.27. The highest BCUT2D eigenvalue weighted by molar-refractivity contribution is 6.30. The van der Waals surface area contributed by atoms with E-state index >= 15 is 0 Å². The Morgan fingerprint density at radius 1 is 0.246 bits per heavy atom. The third kappa shape index (κ3) is 5.01. The Balaban J connectivity index is 1.11. The molecule has 0 unspecified atom stereocenters. The molecule has 0 spiro atoms. The standard InChI is InChI=1S/C56H34N2O3/c1-3-17-35(18-4-1)57(45-29-15-27-43-39-23-11-13-31-49(39)60-55(43)45)47-33-51-53(41-25-9-7-21-37(41)47)54-42-26-10-8-22-38(42)48(34-52(54)59-51)58(36-19-5-2-6-20-36)46-30-16-28-44-40-24-12-14-32-50(40)61-56(44)46/h1-34H. The number of hydrogen-bond acceptors (Lipinski definition) is 5. The van der Waals surface area contributed by atoms with Crippen LogP contribution in [0.2, 0.25) is 0 Å². The second-order valence-electron chi connectivity index (χ2n) is 15.6. The van der Waals surface area contributed by atoms with Crippen LogP contribution in [0.1, 0.15) is 0 Å². The van der Waals surface area contributed by atoms with E-state index in [-0.39, 0.29) is 0 Å². The molecule has 3 heterocycles. The van der Waals surface area contributed by atoms with E-state index in [0.29, 0.717) is 0 Å². The van der Waals surface area contributed by atoms with Crippen molar-refractivity contribution < 1.29 is 13.3 Å². The van der Waals surface area contributed by atoms with Crippen LogP contribution in [-0.4, -0.2) is 0 Å². The van der Waals surface area contributed by atoms with Gasteiger partial charge in [-0.05, 0) is 59.3 Å². The van der Waals surface area contributed by atoms with E-state index in [4.69, 9.17) is 13.3 Å². The lowest BCUT2D eigenvalue weighted by molar-refractivity contribution is 0.667. The van der Waals surface area contributed by atoms with Crippen molar-refractivity contribution >= 4 is 121 Å². The summed E-state index contributed by atoms with van der Waals surface area (Å²) in [5, 5.41) is 10.9. The molecule has 3 aromatic heterocycles. The predicted octanol–water partition coefficient (Wildman–Crippen LogP) is 16.6. The van der Waals surface area contributed by atoms with Gasteiger partial charge in [-0.2, -0.15) is 0 Å². The zero-order valence-corrected chi connectivity index (χ0v) is 32.7.